The van der Waals surface area contributed by atoms with Crippen LogP contribution in [0, 0.1) is 5.92 Å². The van der Waals surface area contributed by atoms with Crippen molar-refractivity contribution in [1.82, 2.24) is 21.1 Å². The second-order valence-electron chi connectivity index (χ2n) is 8.14. The molecular formula is C25H30N4O4S. The molecule has 1 unspecified atom stereocenters. The van der Waals surface area contributed by atoms with Crippen molar-refractivity contribution in [2.24, 2.45) is 5.92 Å². The molecule has 1 heterocycles. The van der Waals surface area contributed by atoms with Crippen LogP contribution >= 0.6 is 12.2 Å². The zero-order valence-corrected chi connectivity index (χ0v) is 20.0. The van der Waals surface area contributed by atoms with Gasteiger partial charge in [-0.05, 0) is 48.5 Å². The van der Waals surface area contributed by atoms with Crippen LogP contribution in [0.3, 0.4) is 0 Å². The van der Waals surface area contributed by atoms with Crippen LogP contribution in [0.4, 0.5) is 0 Å². The van der Waals surface area contributed by atoms with E-state index in [1.54, 1.807) is 29.2 Å². The zero-order chi connectivity index (χ0) is 24.3. The molecular weight excluding hydrogens is 452 g/mol. The van der Waals surface area contributed by atoms with Gasteiger partial charge in [-0.3, -0.25) is 30.6 Å². The summed E-state index contributed by atoms with van der Waals surface area (Å²) < 4.78 is 5.64. The standard InChI is InChI=1S/C25H30N4O4S/c1-2-3-7-14-33-21-12-10-19(11-13-21)23(31)26-25(34)28-27-24(32)20-15-22(30)29(17-20)16-18-8-5-4-6-9-18/h4-6,8-13,20H,2-3,7,14-17H2,1H3,(H,27,32)(H2,26,28,31,34). The van der Waals surface area contributed by atoms with Gasteiger partial charge in [0.25, 0.3) is 5.91 Å². The fraction of sp³-hybridized carbons (Fsp3) is 0.360. The number of thiocarbonyl (C=S) groups is 1. The van der Waals surface area contributed by atoms with E-state index >= 15 is 0 Å². The maximum Gasteiger partial charge on any atom is 0.257 e. The number of carbonyl (C=O) groups excluding carboxylic acids is 3. The third-order valence-electron chi connectivity index (χ3n) is 5.46. The highest BCUT2D eigenvalue weighted by Gasteiger charge is 2.34. The molecule has 0 aromatic heterocycles. The first-order valence-corrected chi connectivity index (χ1v) is 11.8. The molecule has 2 aromatic carbocycles. The normalized spacial score (nSPS) is 15.0. The summed E-state index contributed by atoms with van der Waals surface area (Å²) in [4.78, 5) is 38.8. The number of nitrogens with zero attached hydrogens (tertiary/aromatic N) is 1. The van der Waals surface area contributed by atoms with Crippen molar-refractivity contribution in [1.29, 1.82) is 0 Å². The Labute approximate surface area is 205 Å². The number of carbonyl (C=O) groups is 3. The lowest BCUT2D eigenvalue weighted by molar-refractivity contribution is -0.129. The molecule has 1 saturated heterocycles. The monoisotopic (exact) mass is 482 g/mol. The molecule has 1 atom stereocenters. The summed E-state index contributed by atoms with van der Waals surface area (Å²) in [5.41, 5.74) is 6.44. The summed E-state index contributed by atoms with van der Waals surface area (Å²) in [7, 11) is 0. The van der Waals surface area contributed by atoms with E-state index in [0.29, 0.717) is 31.0 Å². The van der Waals surface area contributed by atoms with Crippen LogP contribution in [0.2, 0.25) is 0 Å². The van der Waals surface area contributed by atoms with Crippen molar-refractivity contribution in [3.8, 4) is 5.75 Å². The lowest BCUT2D eigenvalue weighted by atomic mass is 10.1. The van der Waals surface area contributed by atoms with E-state index in [1.807, 2.05) is 30.3 Å². The number of likely N-dealkylation sites (tertiary alicyclic amines) is 1. The zero-order valence-electron chi connectivity index (χ0n) is 19.2. The number of hydrogen-bond donors (Lipinski definition) is 3. The maximum atomic E-state index is 12.5. The van der Waals surface area contributed by atoms with Crippen molar-refractivity contribution < 1.29 is 19.1 Å². The topological polar surface area (TPSA) is 99.8 Å². The van der Waals surface area contributed by atoms with Gasteiger partial charge in [0.2, 0.25) is 11.8 Å². The number of unbranched alkanes of at least 4 members (excludes halogenated alkanes) is 2. The van der Waals surface area contributed by atoms with Crippen LogP contribution in [0.15, 0.2) is 54.6 Å². The Morgan fingerprint density at radius 2 is 1.79 bits per heavy atom. The minimum atomic E-state index is -0.493. The van der Waals surface area contributed by atoms with Crippen LogP contribution in [0.5, 0.6) is 5.75 Å². The maximum absolute atomic E-state index is 12.5. The number of ether oxygens (including phenoxy) is 1. The highest BCUT2D eigenvalue weighted by Crippen LogP contribution is 2.20. The van der Waals surface area contributed by atoms with E-state index in [4.69, 9.17) is 17.0 Å². The molecule has 0 spiro atoms. The summed E-state index contributed by atoms with van der Waals surface area (Å²) in [6, 6.07) is 16.4. The number of benzene rings is 2. The number of rotatable bonds is 9. The minimum absolute atomic E-state index is 0.0382. The van der Waals surface area contributed by atoms with Gasteiger partial charge in [0, 0.05) is 25.1 Å². The van der Waals surface area contributed by atoms with Gasteiger partial charge in [0.1, 0.15) is 5.75 Å². The average Bonchev–Trinajstić information content (AvgIpc) is 3.21. The van der Waals surface area contributed by atoms with E-state index in [1.165, 1.54) is 0 Å². The van der Waals surface area contributed by atoms with Gasteiger partial charge in [0.05, 0.1) is 12.5 Å². The quantitative estimate of drug-likeness (QED) is 0.289. The molecule has 34 heavy (non-hydrogen) atoms. The van der Waals surface area contributed by atoms with E-state index in [9.17, 15) is 14.4 Å². The van der Waals surface area contributed by atoms with Crippen molar-refractivity contribution in [2.45, 2.75) is 39.2 Å². The average molecular weight is 483 g/mol. The SMILES string of the molecule is CCCCCOc1ccc(C(=O)NC(=S)NNC(=O)C2CC(=O)N(Cc3ccccc3)C2)cc1. The summed E-state index contributed by atoms with van der Waals surface area (Å²) in [5.74, 6) is -0.628. The molecule has 0 aliphatic carbocycles. The highest BCUT2D eigenvalue weighted by atomic mass is 32.1. The van der Waals surface area contributed by atoms with Gasteiger partial charge in [0.15, 0.2) is 5.11 Å². The molecule has 180 valence electrons. The fourth-order valence-corrected chi connectivity index (χ4v) is 3.72. The van der Waals surface area contributed by atoms with Gasteiger partial charge in [-0.1, -0.05) is 50.1 Å². The van der Waals surface area contributed by atoms with Crippen molar-refractivity contribution >= 4 is 35.1 Å². The van der Waals surface area contributed by atoms with Gasteiger partial charge >= 0.3 is 0 Å². The molecule has 3 amide bonds. The van der Waals surface area contributed by atoms with Crippen LogP contribution < -0.4 is 20.9 Å². The predicted molar refractivity (Wildman–Crippen MR) is 133 cm³/mol. The summed E-state index contributed by atoms with van der Waals surface area (Å²) in [5, 5.41) is 2.48. The first kappa shape index (κ1) is 25.2. The minimum Gasteiger partial charge on any atom is -0.494 e. The Morgan fingerprint density at radius 3 is 2.50 bits per heavy atom. The molecule has 3 rings (SSSR count). The van der Waals surface area contributed by atoms with E-state index < -0.39 is 11.8 Å². The largest absolute Gasteiger partial charge is 0.494 e. The van der Waals surface area contributed by atoms with Gasteiger partial charge in [-0.25, -0.2) is 0 Å². The Morgan fingerprint density at radius 1 is 1.06 bits per heavy atom. The molecule has 8 nitrogen and oxygen atoms in total. The summed E-state index contributed by atoms with van der Waals surface area (Å²) in [6.07, 6.45) is 3.36. The number of hydrazine groups is 1. The third-order valence-corrected chi connectivity index (χ3v) is 5.67. The number of hydrogen-bond acceptors (Lipinski definition) is 5. The molecule has 0 bridgehead atoms. The Bertz CT molecular complexity index is 998. The van der Waals surface area contributed by atoms with Crippen LogP contribution in [-0.4, -0.2) is 40.9 Å². The molecule has 1 fully saturated rings. The van der Waals surface area contributed by atoms with Crippen LogP contribution in [-0.2, 0) is 16.1 Å². The lowest BCUT2D eigenvalue weighted by Crippen LogP contribution is -2.50. The van der Waals surface area contributed by atoms with Crippen LogP contribution in [0.1, 0.15) is 48.5 Å². The van der Waals surface area contributed by atoms with Gasteiger partial charge < -0.3 is 9.64 Å². The third kappa shape index (κ3) is 7.55. The van der Waals surface area contributed by atoms with Crippen molar-refractivity contribution in [2.75, 3.05) is 13.2 Å². The number of amides is 3. The van der Waals surface area contributed by atoms with Gasteiger partial charge in [-0.15, -0.1) is 0 Å². The Kier molecular flexibility index (Phi) is 9.40. The second-order valence-corrected chi connectivity index (χ2v) is 8.55. The predicted octanol–water partition coefficient (Wildman–Crippen LogP) is 2.94. The highest BCUT2D eigenvalue weighted by molar-refractivity contribution is 7.80. The Balaban J connectivity index is 1.40. The van der Waals surface area contributed by atoms with Crippen LogP contribution in [0.25, 0.3) is 0 Å². The fourth-order valence-electron chi connectivity index (χ4n) is 3.58. The molecule has 9 heteroatoms. The lowest BCUT2D eigenvalue weighted by Gasteiger charge is -2.17. The molecule has 0 saturated carbocycles. The van der Waals surface area contributed by atoms with E-state index in [2.05, 4.69) is 23.1 Å². The molecule has 1 aliphatic rings. The number of nitrogens with one attached hydrogen (secondary N) is 3. The smallest absolute Gasteiger partial charge is 0.257 e. The van der Waals surface area contributed by atoms with Gasteiger partial charge in [-0.2, -0.15) is 0 Å². The summed E-state index contributed by atoms with van der Waals surface area (Å²) >= 11 is 5.10. The molecule has 1 aliphatic heterocycles. The van der Waals surface area contributed by atoms with E-state index in [0.717, 1.165) is 24.8 Å². The molecule has 2 aromatic rings. The van der Waals surface area contributed by atoms with Crippen molar-refractivity contribution in [3.05, 3.63) is 65.7 Å². The first-order chi connectivity index (χ1) is 16.5. The Hall–Kier alpha value is -3.46. The van der Waals surface area contributed by atoms with Crippen molar-refractivity contribution in [3.63, 3.8) is 0 Å². The second kappa shape index (κ2) is 12.7. The first-order valence-electron chi connectivity index (χ1n) is 11.4. The molecule has 3 N–H and O–H groups in total. The van der Waals surface area contributed by atoms with E-state index in [-0.39, 0.29) is 23.3 Å². The summed E-state index contributed by atoms with van der Waals surface area (Å²) in [6.45, 7) is 3.57. The molecule has 0 radical (unpaired) electrons.